The topological polar surface area (TPSA) is 30.5 Å². The maximum absolute atomic E-state index is 3.70. The van der Waals surface area contributed by atoms with Gasteiger partial charge < -0.3 is 20.4 Å². The molecule has 0 aromatic heterocycles. The second-order valence-corrected chi connectivity index (χ2v) is 13.3. The first-order chi connectivity index (χ1) is 18.9. The van der Waals surface area contributed by atoms with Gasteiger partial charge in [-0.15, -0.1) is 0 Å². The fourth-order valence-corrected chi connectivity index (χ4v) is 7.33. The largest absolute Gasteiger partial charge is 0.317 e. The van der Waals surface area contributed by atoms with Crippen molar-refractivity contribution in [2.24, 2.45) is 11.8 Å². The predicted octanol–water partition coefficient (Wildman–Crippen LogP) is 7.63. The molecule has 38 heavy (non-hydrogen) atoms. The van der Waals surface area contributed by atoms with Crippen LogP contribution in [0, 0.1) is 11.8 Å². The molecule has 0 unspecified atom stereocenters. The summed E-state index contributed by atoms with van der Waals surface area (Å²) >= 11 is 0. The summed E-state index contributed by atoms with van der Waals surface area (Å²) in [7, 11) is 0. The quantitative estimate of drug-likeness (QED) is 0.140. The van der Waals surface area contributed by atoms with Crippen molar-refractivity contribution in [1.29, 1.82) is 0 Å². The Morgan fingerprint density at radius 2 is 0.763 bits per heavy atom. The highest BCUT2D eigenvalue weighted by molar-refractivity contribution is 4.72. The third-order valence-corrected chi connectivity index (χ3v) is 10.0. The summed E-state index contributed by atoms with van der Waals surface area (Å²) in [5.74, 6) is 2.13. The molecule has 0 spiro atoms. The number of nitrogens with one attached hydrogen (secondary N) is 2. The van der Waals surface area contributed by atoms with Crippen molar-refractivity contribution in [3.63, 3.8) is 0 Å². The lowest BCUT2D eigenvalue weighted by atomic mass is 9.86. The van der Waals surface area contributed by atoms with E-state index in [-0.39, 0.29) is 0 Å². The molecule has 3 aliphatic rings. The van der Waals surface area contributed by atoms with E-state index in [1.54, 1.807) is 0 Å². The summed E-state index contributed by atoms with van der Waals surface area (Å²) in [6.45, 7) is 12.8. The number of rotatable bonds is 22. The minimum absolute atomic E-state index is 1.06. The van der Waals surface area contributed by atoms with Gasteiger partial charge in [0.15, 0.2) is 0 Å². The third-order valence-electron chi connectivity index (χ3n) is 10.0. The van der Waals surface area contributed by atoms with E-state index in [1.165, 1.54) is 207 Å². The molecule has 2 saturated carbocycles. The maximum Gasteiger partial charge on any atom is 0.0110 e. The molecule has 0 aromatic carbocycles. The van der Waals surface area contributed by atoms with Gasteiger partial charge in [0.1, 0.15) is 0 Å². The van der Waals surface area contributed by atoms with E-state index in [9.17, 15) is 0 Å². The van der Waals surface area contributed by atoms with Crippen LogP contribution < -0.4 is 10.6 Å². The average Bonchev–Trinajstić information content (AvgIpc) is 2.97. The summed E-state index contributed by atoms with van der Waals surface area (Å²) in [5.41, 5.74) is 0. The molecule has 2 N–H and O–H groups in total. The minimum Gasteiger partial charge on any atom is -0.317 e. The Kier molecular flexibility index (Phi) is 19.2. The summed E-state index contributed by atoms with van der Waals surface area (Å²) in [4.78, 5) is 5.43. The molecule has 3 rings (SSSR count). The Morgan fingerprint density at radius 3 is 1.16 bits per heavy atom. The van der Waals surface area contributed by atoms with Crippen LogP contribution in [-0.2, 0) is 0 Å². The average molecular weight is 533 g/mol. The van der Waals surface area contributed by atoms with Crippen molar-refractivity contribution in [2.45, 2.75) is 141 Å². The number of hydrogen-bond acceptors (Lipinski definition) is 4. The molecular formula is C34H68N4. The Hall–Kier alpha value is -0.160. The van der Waals surface area contributed by atoms with Gasteiger partial charge in [-0.3, -0.25) is 0 Å². The fraction of sp³-hybridized carbons (Fsp3) is 1.00. The molecule has 224 valence electrons. The Balaban J connectivity index is 0.993. The number of hydrogen-bond donors (Lipinski definition) is 2. The van der Waals surface area contributed by atoms with E-state index in [1.807, 2.05) is 0 Å². The smallest absolute Gasteiger partial charge is 0.0110 e. The van der Waals surface area contributed by atoms with E-state index >= 15 is 0 Å². The molecule has 4 nitrogen and oxygen atoms in total. The third kappa shape index (κ3) is 16.2. The highest BCUT2D eigenvalue weighted by Gasteiger charge is 2.16. The van der Waals surface area contributed by atoms with Gasteiger partial charge in [0.25, 0.3) is 0 Å². The van der Waals surface area contributed by atoms with Crippen molar-refractivity contribution >= 4 is 0 Å². The van der Waals surface area contributed by atoms with E-state index in [2.05, 4.69) is 20.4 Å². The molecule has 3 fully saturated rings. The van der Waals surface area contributed by atoms with Gasteiger partial charge in [-0.25, -0.2) is 0 Å². The van der Waals surface area contributed by atoms with E-state index < -0.39 is 0 Å². The summed E-state index contributed by atoms with van der Waals surface area (Å²) in [6, 6.07) is 0. The zero-order valence-electron chi connectivity index (χ0n) is 25.7. The van der Waals surface area contributed by atoms with Crippen LogP contribution in [0.2, 0.25) is 0 Å². The van der Waals surface area contributed by atoms with Gasteiger partial charge in [-0.05, 0) is 89.6 Å². The first-order valence-electron chi connectivity index (χ1n) is 17.8. The van der Waals surface area contributed by atoms with Crippen LogP contribution >= 0.6 is 0 Å². The number of piperazine rings is 1. The van der Waals surface area contributed by atoms with Gasteiger partial charge in [0.2, 0.25) is 0 Å². The lowest BCUT2D eigenvalue weighted by molar-refractivity contribution is 0.129. The van der Waals surface area contributed by atoms with Crippen molar-refractivity contribution < 1.29 is 0 Å². The lowest BCUT2D eigenvalue weighted by Gasteiger charge is -2.34. The molecule has 4 heteroatoms. The Labute approximate surface area is 238 Å². The molecule has 1 heterocycles. The van der Waals surface area contributed by atoms with Crippen LogP contribution in [0.15, 0.2) is 0 Å². The summed E-state index contributed by atoms with van der Waals surface area (Å²) in [5, 5.41) is 7.40. The molecule has 0 radical (unpaired) electrons. The lowest BCUT2D eigenvalue weighted by Crippen LogP contribution is -2.46. The van der Waals surface area contributed by atoms with E-state index in [4.69, 9.17) is 0 Å². The first kappa shape index (κ1) is 32.4. The predicted molar refractivity (Wildman–Crippen MR) is 167 cm³/mol. The van der Waals surface area contributed by atoms with Crippen LogP contribution in [0.25, 0.3) is 0 Å². The second-order valence-electron chi connectivity index (χ2n) is 13.3. The highest BCUT2D eigenvalue weighted by Crippen LogP contribution is 2.28. The van der Waals surface area contributed by atoms with Gasteiger partial charge in [0, 0.05) is 26.2 Å². The van der Waals surface area contributed by atoms with Crippen molar-refractivity contribution in [1.82, 2.24) is 20.4 Å². The molecule has 2 aliphatic carbocycles. The second kappa shape index (κ2) is 22.5. The summed E-state index contributed by atoms with van der Waals surface area (Å²) < 4.78 is 0. The van der Waals surface area contributed by atoms with E-state index in [0.717, 1.165) is 11.8 Å². The minimum atomic E-state index is 1.06. The Bertz CT molecular complexity index is 461. The zero-order chi connectivity index (χ0) is 26.4. The fourth-order valence-electron chi connectivity index (χ4n) is 7.33. The van der Waals surface area contributed by atoms with Crippen LogP contribution in [0.4, 0.5) is 0 Å². The highest BCUT2D eigenvalue weighted by atomic mass is 15.3. The molecule has 0 bridgehead atoms. The monoisotopic (exact) mass is 533 g/mol. The van der Waals surface area contributed by atoms with Crippen LogP contribution in [-0.4, -0.2) is 75.2 Å². The van der Waals surface area contributed by atoms with Crippen molar-refractivity contribution in [3.05, 3.63) is 0 Å². The molecule has 0 atom stereocenters. The normalized spacial score (nSPS) is 20.8. The number of unbranched alkanes of at least 4 members (excludes halogenated alkanes) is 6. The standard InChI is InChI=1S/C34H68N4/c1-5-17-33(18-6-1)21-9-13-25-35-23-11-3-15-27-37-29-31-38(32-30-37)28-16-4-12-24-36-26-14-10-22-34-19-7-2-8-20-34/h33-36H,1-32H2. The van der Waals surface area contributed by atoms with Crippen LogP contribution in [0.3, 0.4) is 0 Å². The van der Waals surface area contributed by atoms with Gasteiger partial charge in [-0.2, -0.15) is 0 Å². The number of nitrogens with zero attached hydrogens (tertiary/aromatic N) is 2. The van der Waals surface area contributed by atoms with Gasteiger partial charge >= 0.3 is 0 Å². The SMILES string of the molecule is C1CCC(CCCCNCCCCCN2CCN(CCCCCNCCCCC3CCCCC3)CC2)CC1. The first-order valence-corrected chi connectivity index (χ1v) is 17.8. The van der Waals surface area contributed by atoms with Crippen molar-refractivity contribution in [2.75, 3.05) is 65.4 Å². The molecule has 1 saturated heterocycles. The summed E-state index contributed by atoms with van der Waals surface area (Å²) in [6.07, 6.45) is 32.0. The van der Waals surface area contributed by atoms with Crippen LogP contribution in [0.1, 0.15) is 141 Å². The zero-order valence-corrected chi connectivity index (χ0v) is 25.7. The molecule has 0 amide bonds. The van der Waals surface area contributed by atoms with Gasteiger partial charge in [-0.1, -0.05) is 103 Å². The van der Waals surface area contributed by atoms with E-state index in [0.29, 0.717) is 0 Å². The molecule has 0 aromatic rings. The maximum atomic E-state index is 3.70. The van der Waals surface area contributed by atoms with Crippen LogP contribution in [0.5, 0.6) is 0 Å². The molecule has 1 aliphatic heterocycles. The van der Waals surface area contributed by atoms with Gasteiger partial charge in [0.05, 0.1) is 0 Å². The molecular weight excluding hydrogens is 464 g/mol. The van der Waals surface area contributed by atoms with Crippen molar-refractivity contribution in [3.8, 4) is 0 Å². The Morgan fingerprint density at radius 1 is 0.395 bits per heavy atom.